The van der Waals surface area contributed by atoms with Gasteiger partial charge in [0, 0.05) is 32.1 Å². The van der Waals surface area contributed by atoms with E-state index in [-0.39, 0.29) is 0 Å². The Morgan fingerprint density at radius 2 is 1.86 bits per heavy atom. The first-order valence-electron chi connectivity index (χ1n) is 8.23. The van der Waals surface area contributed by atoms with Crippen LogP contribution < -0.4 is 4.90 Å². The van der Waals surface area contributed by atoms with Crippen LogP contribution in [0.3, 0.4) is 0 Å². The van der Waals surface area contributed by atoms with Crippen LogP contribution in [0.1, 0.15) is 19.3 Å². The predicted octanol–water partition coefficient (Wildman–Crippen LogP) is 3.09. The van der Waals surface area contributed by atoms with Crippen LogP contribution >= 0.6 is 11.6 Å². The van der Waals surface area contributed by atoms with Gasteiger partial charge in [-0.05, 0) is 37.3 Å². The first kappa shape index (κ1) is 14.3. The largest absolute Gasteiger partial charge is 0.411 e. The van der Waals surface area contributed by atoms with Gasteiger partial charge in [-0.15, -0.1) is 0 Å². The maximum absolute atomic E-state index is 9.39. The molecular formula is C17H22ClN3O. The Kier molecular flexibility index (Phi) is 3.74. The zero-order valence-corrected chi connectivity index (χ0v) is 13.4. The number of halogens is 1. The van der Waals surface area contributed by atoms with E-state index in [2.05, 4.69) is 21.0 Å². The number of fused-ring (bicyclic) bond motifs is 2. The van der Waals surface area contributed by atoms with E-state index >= 15 is 0 Å². The average molecular weight is 320 g/mol. The van der Waals surface area contributed by atoms with E-state index in [0.29, 0.717) is 17.9 Å². The molecule has 4 rings (SSSR count). The van der Waals surface area contributed by atoms with Gasteiger partial charge in [0.15, 0.2) is 0 Å². The second-order valence-electron chi connectivity index (χ2n) is 6.71. The summed E-state index contributed by atoms with van der Waals surface area (Å²) in [5, 5.41) is 13.9. The fourth-order valence-corrected chi connectivity index (χ4v) is 4.89. The van der Waals surface area contributed by atoms with Gasteiger partial charge in [-0.1, -0.05) is 28.9 Å². The van der Waals surface area contributed by atoms with Crippen LogP contribution in [0.25, 0.3) is 0 Å². The number of hydrogen-bond donors (Lipinski definition) is 1. The Morgan fingerprint density at radius 3 is 2.59 bits per heavy atom. The fourth-order valence-electron chi connectivity index (χ4n) is 4.63. The molecule has 1 aromatic carbocycles. The van der Waals surface area contributed by atoms with E-state index in [4.69, 9.17) is 11.6 Å². The smallest absolute Gasteiger partial charge is 0.0775 e. The molecular weight excluding hydrogens is 298 g/mol. The van der Waals surface area contributed by atoms with Crippen LogP contribution in [0.2, 0.25) is 5.02 Å². The Balaban J connectivity index is 1.45. The summed E-state index contributed by atoms with van der Waals surface area (Å²) >= 11 is 6.31. The summed E-state index contributed by atoms with van der Waals surface area (Å²) in [6.45, 7) is 3.99. The highest BCUT2D eigenvalue weighted by atomic mass is 35.5. The Morgan fingerprint density at radius 1 is 1.09 bits per heavy atom. The first-order valence-corrected chi connectivity index (χ1v) is 8.61. The lowest BCUT2D eigenvalue weighted by molar-refractivity contribution is 0.181. The van der Waals surface area contributed by atoms with Crippen molar-refractivity contribution in [3.05, 3.63) is 29.3 Å². The van der Waals surface area contributed by atoms with E-state index in [0.717, 1.165) is 42.6 Å². The van der Waals surface area contributed by atoms with E-state index in [1.54, 1.807) is 0 Å². The molecule has 5 heteroatoms. The molecule has 2 aliphatic carbocycles. The zero-order chi connectivity index (χ0) is 15.1. The summed E-state index contributed by atoms with van der Waals surface area (Å²) < 4.78 is 0. The van der Waals surface area contributed by atoms with Crippen molar-refractivity contribution in [2.24, 2.45) is 17.0 Å². The van der Waals surface area contributed by atoms with Crippen LogP contribution in [0, 0.1) is 11.8 Å². The van der Waals surface area contributed by atoms with Crippen molar-refractivity contribution >= 4 is 23.0 Å². The lowest BCUT2D eigenvalue weighted by Crippen LogP contribution is -2.54. The van der Waals surface area contributed by atoms with Gasteiger partial charge in [0.2, 0.25) is 0 Å². The quantitative estimate of drug-likeness (QED) is 0.672. The molecule has 0 amide bonds. The number of piperazine rings is 1. The molecule has 118 valence electrons. The molecule has 1 saturated heterocycles. The minimum absolute atomic E-state index is 0.372. The van der Waals surface area contributed by atoms with E-state index in [1.807, 2.05) is 18.2 Å². The summed E-state index contributed by atoms with van der Waals surface area (Å²) in [6, 6.07) is 8.44. The van der Waals surface area contributed by atoms with Crippen LogP contribution in [0.15, 0.2) is 29.4 Å². The van der Waals surface area contributed by atoms with Crippen LogP contribution in [0.4, 0.5) is 5.69 Å². The van der Waals surface area contributed by atoms with Crippen molar-refractivity contribution in [3.8, 4) is 0 Å². The van der Waals surface area contributed by atoms with Crippen molar-refractivity contribution in [1.29, 1.82) is 0 Å². The van der Waals surface area contributed by atoms with Gasteiger partial charge < -0.3 is 10.1 Å². The molecule has 3 fully saturated rings. The third-order valence-corrected chi connectivity index (χ3v) is 5.98. The zero-order valence-electron chi connectivity index (χ0n) is 12.7. The molecule has 3 atom stereocenters. The molecule has 1 N–H and O–H groups in total. The maximum atomic E-state index is 9.39. The van der Waals surface area contributed by atoms with Gasteiger partial charge in [0.1, 0.15) is 0 Å². The van der Waals surface area contributed by atoms with Gasteiger partial charge >= 0.3 is 0 Å². The van der Waals surface area contributed by atoms with Crippen LogP contribution in [-0.4, -0.2) is 48.0 Å². The van der Waals surface area contributed by atoms with Crippen LogP contribution in [-0.2, 0) is 0 Å². The third kappa shape index (κ3) is 2.29. The number of para-hydroxylation sites is 1. The molecule has 3 aliphatic rings. The van der Waals surface area contributed by atoms with Crippen molar-refractivity contribution in [1.82, 2.24) is 4.90 Å². The second-order valence-corrected chi connectivity index (χ2v) is 7.12. The van der Waals surface area contributed by atoms with E-state index in [1.165, 1.54) is 19.3 Å². The minimum atomic E-state index is 0.372. The molecule has 4 nitrogen and oxygen atoms in total. The van der Waals surface area contributed by atoms with Gasteiger partial charge in [0.05, 0.1) is 22.5 Å². The lowest BCUT2D eigenvalue weighted by atomic mass is 9.91. The molecule has 1 aromatic rings. The summed E-state index contributed by atoms with van der Waals surface area (Å²) in [5.74, 6) is 1.23. The van der Waals surface area contributed by atoms with Gasteiger partial charge in [-0.25, -0.2) is 0 Å². The highest BCUT2D eigenvalue weighted by Crippen LogP contribution is 2.45. The molecule has 1 aliphatic heterocycles. The van der Waals surface area contributed by atoms with Crippen molar-refractivity contribution in [2.75, 3.05) is 31.1 Å². The van der Waals surface area contributed by atoms with Crippen LogP contribution in [0.5, 0.6) is 0 Å². The van der Waals surface area contributed by atoms with E-state index < -0.39 is 0 Å². The predicted molar refractivity (Wildman–Crippen MR) is 89.1 cm³/mol. The second kappa shape index (κ2) is 5.74. The normalized spacial score (nSPS) is 33.8. The molecule has 0 radical (unpaired) electrons. The number of anilines is 1. The van der Waals surface area contributed by atoms with Gasteiger partial charge in [-0.3, -0.25) is 4.90 Å². The molecule has 0 aromatic heterocycles. The summed E-state index contributed by atoms with van der Waals surface area (Å²) in [6.07, 6.45) is 3.72. The standard InChI is InChI=1S/C17H22ClN3O/c18-14-3-1-2-4-15(14)20-7-9-21(10-8-20)17-13-6-5-12(11-13)16(17)19-22/h1-4,12-13,17,22H,5-11H2/b19-16-/t12-,13-,17+/m0/s1. The molecule has 2 saturated carbocycles. The van der Waals surface area contributed by atoms with Crippen molar-refractivity contribution in [2.45, 2.75) is 25.3 Å². The maximum Gasteiger partial charge on any atom is 0.0775 e. The SMILES string of the molecule is O/N=C1/[C@H]2CC[C@@H](C2)[C@H]1N1CCN(c2ccccc2Cl)CC1. The van der Waals surface area contributed by atoms with Crippen molar-refractivity contribution in [3.63, 3.8) is 0 Å². The third-order valence-electron chi connectivity index (χ3n) is 5.66. The van der Waals surface area contributed by atoms with E-state index in [9.17, 15) is 5.21 Å². The Labute approximate surface area is 136 Å². The Hall–Kier alpha value is -1.26. The highest BCUT2D eigenvalue weighted by molar-refractivity contribution is 6.33. The summed E-state index contributed by atoms with van der Waals surface area (Å²) in [5.41, 5.74) is 2.18. The molecule has 22 heavy (non-hydrogen) atoms. The fraction of sp³-hybridized carbons (Fsp3) is 0.588. The van der Waals surface area contributed by atoms with Gasteiger partial charge in [0.25, 0.3) is 0 Å². The monoisotopic (exact) mass is 319 g/mol. The minimum Gasteiger partial charge on any atom is -0.411 e. The summed E-state index contributed by atoms with van der Waals surface area (Å²) in [4.78, 5) is 4.88. The first-order chi connectivity index (χ1) is 10.8. The highest BCUT2D eigenvalue weighted by Gasteiger charge is 2.48. The Bertz CT molecular complexity index is 583. The van der Waals surface area contributed by atoms with Gasteiger partial charge in [-0.2, -0.15) is 0 Å². The summed E-state index contributed by atoms with van der Waals surface area (Å²) in [7, 11) is 0. The molecule has 0 spiro atoms. The topological polar surface area (TPSA) is 39.1 Å². The molecule has 1 heterocycles. The average Bonchev–Trinajstić information content (AvgIpc) is 3.16. The number of nitrogens with zero attached hydrogens (tertiary/aromatic N) is 3. The molecule has 2 bridgehead atoms. The lowest BCUT2D eigenvalue weighted by Gasteiger charge is -2.41. The number of benzene rings is 1. The number of oxime groups is 1. The number of hydrogen-bond acceptors (Lipinski definition) is 4. The molecule has 0 unspecified atom stereocenters. The van der Waals surface area contributed by atoms with Crippen molar-refractivity contribution < 1.29 is 5.21 Å². The number of rotatable bonds is 2.